The third-order valence-corrected chi connectivity index (χ3v) is 2.07. The first-order chi connectivity index (χ1) is 7.74. The molecule has 0 unspecified atom stereocenters. The lowest BCUT2D eigenvalue weighted by molar-refractivity contribution is 0.288. The number of benzene rings is 1. The molecular formula is C14H23BrO. The van der Waals surface area contributed by atoms with Gasteiger partial charge in [-0.3, -0.25) is 0 Å². The van der Waals surface area contributed by atoms with Crippen LogP contribution >= 0.6 is 15.9 Å². The molecule has 1 nitrogen and oxygen atoms in total. The Morgan fingerprint density at radius 2 is 1.69 bits per heavy atom. The first-order valence-corrected chi connectivity index (χ1v) is 6.46. The first-order valence-electron chi connectivity index (χ1n) is 5.67. The molecule has 92 valence electrons. The van der Waals surface area contributed by atoms with Crippen LogP contribution in [-0.2, 0) is 6.42 Å². The number of aryl methyl sites for hydroxylation is 1. The summed E-state index contributed by atoms with van der Waals surface area (Å²) in [5.41, 5.74) is 1.28. The van der Waals surface area contributed by atoms with E-state index in [1.165, 1.54) is 5.56 Å². The SMILES string of the molecule is C=CC.CC.OCCCc1ccc(Br)cc1. The zero-order valence-corrected chi connectivity index (χ0v) is 12.1. The molecule has 0 aliphatic heterocycles. The fourth-order valence-electron chi connectivity index (χ4n) is 0.934. The number of hydrogen-bond donors (Lipinski definition) is 1. The van der Waals surface area contributed by atoms with Crippen molar-refractivity contribution in [2.75, 3.05) is 6.61 Å². The third-order valence-electron chi connectivity index (χ3n) is 1.54. The van der Waals surface area contributed by atoms with Gasteiger partial charge in [0, 0.05) is 11.1 Å². The molecule has 0 atom stereocenters. The van der Waals surface area contributed by atoms with E-state index in [0.717, 1.165) is 17.3 Å². The van der Waals surface area contributed by atoms with Crippen LogP contribution in [0.4, 0.5) is 0 Å². The highest BCUT2D eigenvalue weighted by molar-refractivity contribution is 9.10. The topological polar surface area (TPSA) is 20.2 Å². The maximum Gasteiger partial charge on any atom is 0.0434 e. The second-order valence-electron chi connectivity index (χ2n) is 2.86. The molecular weight excluding hydrogens is 264 g/mol. The van der Waals surface area contributed by atoms with Crippen LogP contribution in [0, 0.1) is 0 Å². The van der Waals surface area contributed by atoms with Gasteiger partial charge in [0.15, 0.2) is 0 Å². The van der Waals surface area contributed by atoms with Crippen LogP contribution in [-0.4, -0.2) is 11.7 Å². The lowest BCUT2D eigenvalue weighted by Crippen LogP contribution is -1.88. The molecule has 0 heterocycles. The molecule has 0 bridgehead atoms. The van der Waals surface area contributed by atoms with Gasteiger partial charge in [0.25, 0.3) is 0 Å². The van der Waals surface area contributed by atoms with Crippen molar-refractivity contribution in [3.05, 3.63) is 47.0 Å². The van der Waals surface area contributed by atoms with Gasteiger partial charge in [0.1, 0.15) is 0 Å². The Kier molecular flexibility index (Phi) is 16.0. The van der Waals surface area contributed by atoms with Crippen molar-refractivity contribution in [1.82, 2.24) is 0 Å². The normalized spacial score (nSPS) is 8.06. The smallest absolute Gasteiger partial charge is 0.0434 e. The van der Waals surface area contributed by atoms with Crippen molar-refractivity contribution < 1.29 is 5.11 Å². The van der Waals surface area contributed by atoms with Crippen molar-refractivity contribution >= 4 is 15.9 Å². The molecule has 0 spiro atoms. The largest absolute Gasteiger partial charge is 0.396 e. The van der Waals surface area contributed by atoms with E-state index in [1.54, 1.807) is 6.08 Å². The van der Waals surface area contributed by atoms with E-state index in [4.69, 9.17) is 5.11 Å². The Morgan fingerprint density at radius 1 is 1.25 bits per heavy atom. The molecule has 1 rings (SSSR count). The standard InChI is InChI=1S/C9H11BrO.C3H6.C2H6/c10-9-5-3-8(4-6-9)2-1-7-11;1-3-2;1-2/h3-6,11H,1-2,7H2;3H,1H2,2H3;1-2H3. The quantitative estimate of drug-likeness (QED) is 0.806. The van der Waals surface area contributed by atoms with Crippen molar-refractivity contribution in [2.45, 2.75) is 33.6 Å². The predicted molar refractivity (Wildman–Crippen MR) is 76.8 cm³/mol. The highest BCUT2D eigenvalue weighted by Crippen LogP contribution is 2.11. The summed E-state index contributed by atoms with van der Waals surface area (Å²) in [5.74, 6) is 0. The fourth-order valence-corrected chi connectivity index (χ4v) is 1.20. The van der Waals surface area contributed by atoms with Gasteiger partial charge in [0.05, 0.1) is 0 Å². The molecule has 0 aliphatic carbocycles. The Bertz CT molecular complexity index is 241. The minimum atomic E-state index is 0.274. The second-order valence-corrected chi connectivity index (χ2v) is 3.78. The Balaban J connectivity index is 0. The van der Waals surface area contributed by atoms with E-state index in [2.05, 4.69) is 34.6 Å². The number of rotatable bonds is 3. The molecule has 16 heavy (non-hydrogen) atoms. The van der Waals surface area contributed by atoms with Crippen LogP contribution in [0.2, 0.25) is 0 Å². The number of aliphatic hydroxyl groups excluding tert-OH is 1. The molecule has 0 aliphatic rings. The molecule has 0 radical (unpaired) electrons. The van der Waals surface area contributed by atoms with E-state index in [1.807, 2.05) is 32.9 Å². The molecule has 1 aromatic rings. The zero-order chi connectivity index (χ0) is 12.8. The molecule has 0 fully saturated rings. The summed E-state index contributed by atoms with van der Waals surface area (Å²) >= 11 is 3.36. The summed E-state index contributed by atoms with van der Waals surface area (Å²) in [7, 11) is 0. The Labute approximate surface area is 108 Å². The van der Waals surface area contributed by atoms with Gasteiger partial charge in [-0.25, -0.2) is 0 Å². The Morgan fingerprint density at radius 3 is 2.06 bits per heavy atom. The molecule has 1 N–H and O–H groups in total. The molecule has 0 aromatic heterocycles. The minimum absolute atomic E-state index is 0.274. The van der Waals surface area contributed by atoms with Gasteiger partial charge >= 0.3 is 0 Å². The van der Waals surface area contributed by atoms with Gasteiger partial charge in [0.2, 0.25) is 0 Å². The molecule has 0 saturated carbocycles. The summed E-state index contributed by atoms with van der Waals surface area (Å²) in [5, 5.41) is 8.57. The molecule has 0 saturated heterocycles. The monoisotopic (exact) mass is 286 g/mol. The summed E-state index contributed by atoms with van der Waals surface area (Å²) in [6.45, 7) is 9.52. The zero-order valence-electron chi connectivity index (χ0n) is 10.5. The van der Waals surface area contributed by atoms with E-state index < -0.39 is 0 Å². The summed E-state index contributed by atoms with van der Waals surface area (Å²) in [6, 6.07) is 8.18. The van der Waals surface area contributed by atoms with Gasteiger partial charge in [-0.15, -0.1) is 6.58 Å². The van der Waals surface area contributed by atoms with Gasteiger partial charge in [-0.05, 0) is 37.5 Å². The van der Waals surface area contributed by atoms with E-state index >= 15 is 0 Å². The highest BCUT2D eigenvalue weighted by Gasteiger charge is 1.91. The number of halogens is 1. The average molecular weight is 287 g/mol. The van der Waals surface area contributed by atoms with Gasteiger partial charge < -0.3 is 5.11 Å². The average Bonchev–Trinajstić information content (AvgIpc) is 2.32. The van der Waals surface area contributed by atoms with E-state index in [0.29, 0.717) is 0 Å². The van der Waals surface area contributed by atoms with Crippen LogP contribution in [0.5, 0.6) is 0 Å². The molecule has 1 aromatic carbocycles. The third kappa shape index (κ3) is 11.5. The van der Waals surface area contributed by atoms with Crippen molar-refractivity contribution in [3.63, 3.8) is 0 Å². The van der Waals surface area contributed by atoms with Crippen LogP contribution in [0.3, 0.4) is 0 Å². The van der Waals surface area contributed by atoms with Crippen LogP contribution in [0.1, 0.15) is 32.8 Å². The van der Waals surface area contributed by atoms with Gasteiger partial charge in [-0.1, -0.05) is 48.0 Å². The maximum absolute atomic E-state index is 8.57. The molecule has 2 heteroatoms. The van der Waals surface area contributed by atoms with Crippen molar-refractivity contribution in [3.8, 4) is 0 Å². The maximum atomic E-state index is 8.57. The van der Waals surface area contributed by atoms with Crippen LogP contribution < -0.4 is 0 Å². The molecule has 0 amide bonds. The second kappa shape index (κ2) is 14.4. The summed E-state index contributed by atoms with van der Waals surface area (Å²) < 4.78 is 1.10. The number of hydrogen-bond acceptors (Lipinski definition) is 1. The van der Waals surface area contributed by atoms with Crippen molar-refractivity contribution in [1.29, 1.82) is 0 Å². The summed E-state index contributed by atoms with van der Waals surface area (Å²) in [6.07, 6.45) is 3.56. The van der Waals surface area contributed by atoms with Crippen LogP contribution in [0.15, 0.2) is 41.4 Å². The lowest BCUT2D eigenvalue weighted by atomic mass is 10.1. The predicted octanol–water partition coefficient (Wildman–Crippen LogP) is 4.59. The van der Waals surface area contributed by atoms with E-state index in [-0.39, 0.29) is 6.61 Å². The lowest BCUT2D eigenvalue weighted by Gasteiger charge is -1.98. The highest BCUT2D eigenvalue weighted by atomic mass is 79.9. The number of allylic oxidation sites excluding steroid dienone is 1. The van der Waals surface area contributed by atoms with Crippen LogP contribution in [0.25, 0.3) is 0 Å². The first kappa shape index (κ1) is 17.8. The minimum Gasteiger partial charge on any atom is -0.396 e. The van der Waals surface area contributed by atoms with Gasteiger partial charge in [-0.2, -0.15) is 0 Å². The summed E-state index contributed by atoms with van der Waals surface area (Å²) in [4.78, 5) is 0. The fraction of sp³-hybridized carbons (Fsp3) is 0.429. The number of aliphatic hydroxyl groups is 1. The van der Waals surface area contributed by atoms with E-state index in [9.17, 15) is 0 Å². The van der Waals surface area contributed by atoms with Crippen molar-refractivity contribution in [2.24, 2.45) is 0 Å². The Hall–Kier alpha value is -0.600.